The van der Waals surface area contributed by atoms with Crippen molar-refractivity contribution in [3.8, 4) is 0 Å². The van der Waals surface area contributed by atoms with Gasteiger partial charge in [0.2, 0.25) is 5.91 Å². The van der Waals surface area contributed by atoms with Gasteiger partial charge in [0.25, 0.3) is 0 Å². The molecule has 0 aromatic heterocycles. The van der Waals surface area contributed by atoms with Crippen molar-refractivity contribution in [1.82, 2.24) is 10.2 Å². The molecule has 3 N–H and O–H groups in total. The number of hydrogen-bond donors (Lipinski definition) is 3. The van der Waals surface area contributed by atoms with Crippen molar-refractivity contribution in [2.45, 2.75) is 31.0 Å². The minimum Gasteiger partial charge on any atom is -0.480 e. The summed E-state index contributed by atoms with van der Waals surface area (Å²) in [6.45, 7) is 1.02. The molecule has 0 aliphatic carbocycles. The van der Waals surface area contributed by atoms with Crippen molar-refractivity contribution in [1.29, 1.82) is 0 Å². The SMILES string of the molecule is O=C(O)C1CC(O)CN1C(=O)CC1CSCCN1. The zero-order valence-corrected chi connectivity index (χ0v) is 10.9. The number of hydrogen-bond acceptors (Lipinski definition) is 5. The van der Waals surface area contributed by atoms with Gasteiger partial charge in [-0.25, -0.2) is 4.79 Å². The van der Waals surface area contributed by atoms with E-state index < -0.39 is 18.1 Å². The summed E-state index contributed by atoms with van der Waals surface area (Å²) < 4.78 is 0. The third-order valence-electron chi connectivity index (χ3n) is 3.30. The van der Waals surface area contributed by atoms with E-state index in [9.17, 15) is 14.7 Å². The highest BCUT2D eigenvalue weighted by atomic mass is 32.2. The standard InChI is InChI=1S/C11H18N2O4S/c14-8-4-9(11(16)17)13(5-8)10(15)3-7-6-18-2-1-12-7/h7-9,12,14H,1-6H2,(H,16,17). The van der Waals surface area contributed by atoms with Crippen LogP contribution in [0.2, 0.25) is 0 Å². The van der Waals surface area contributed by atoms with Crippen LogP contribution >= 0.6 is 11.8 Å². The second kappa shape index (κ2) is 5.90. The summed E-state index contributed by atoms with van der Waals surface area (Å²) in [6, 6.07) is -0.757. The first-order valence-electron chi connectivity index (χ1n) is 6.09. The Morgan fingerprint density at radius 3 is 2.83 bits per heavy atom. The quantitative estimate of drug-likeness (QED) is 0.620. The van der Waals surface area contributed by atoms with Crippen LogP contribution < -0.4 is 5.32 Å². The van der Waals surface area contributed by atoms with E-state index in [4.69, 9.17) is 5.11 Å². The molecule has 2 rings (SSSR count). The van der Waals surface area contributed by atoms with E-state index in [1.54, 1.807) is 11.8 Å². The Morgan fingerprint density at radius 2 is 2.22 bits per heavy atom. The smallest absolute Gasteiger partial charge is 0.326 e. The average molecular weight is 274 g/mol. The highest BCUT2D eigenvalue weighted by Crippen LogP contribution is 2.20. The van der Waals surface area contributed by atoms with Crippen LogP contribution in [0.5, 0.6) is 0 Å². The van der Waals surface area contributed by atoms with Crippen LogP contribution in [0.3, 0.4) is 0 Å². The van der Waals surface area contributed by atoms with Gasteiger partial charge >= 0.3 is 5.97 Å². The maximum absolute atomic E-state index is 12.1. The van der Waals surface area contributed by atoms with Gasteiger partial charge in [0, 0.05) is 43.5 Å². The van der Waals surface area contributed by atoms with Crippen molar-refractivity contribution in [3.63, 3.8) is 0 Å². The van der Waals surface area contributed by atoms with Crippen molar-refractivity contribution in [2.75, 3.05) is 24.6 Å². The second-order valence-corrected chi connectivity index (χ2v) is 5.87. The molecule has 0 aromatic carbocycles. The van der Waals surface area contributed by atoms with Gasteiger partial charge in [-0.15, -0.1) is 0 Å². The number of β-amino-alcohol motifs (C(OH)–C–C–N with tert-alkyl or cyclic N) is 1. The summed E-state index contributed by atoms with van der Waals surface area (Å²) >= 11 is 1.80. The fraction of sp³-hybridized carbons (Fsp3) is 0.818. The van der Waals surface area contributed by atoms with Gasteiger partial charge in [-0.1, -0.05) is 0 Å². The van der Waals surface area contributed by atoms with Crippen molar-refractivity contribution in [3.05, 3.63) is 0 Å². The Labute approximate surface area is 110 Å². The topological polar surface area (TPSA) is 89.9 Å². The number of amides is 1. The number of nitrogens with one attached hydrogen (secondary N) is 1. The summed E-state index contributed by atoms with van der Waals surface area (Å²) in [5, 5.41) is 21.8. The summed E-state index contributed by atoms with van der Waals surface area (Å²) in [7, 11) is 0. The molecule has 2 aliphatic heterocycles. The van der Waals surface area contributed by atoms with Gasteiger partial charge in [-0.3, -0.25) is 4.79 Å². The molecule has 0 spiro atoms. The third kappa shape index (κ3) is 3.15. The number of thioether (sulfide) groups is 1. The largest absolute Gasteiger partial charge is 0.480 e. The number of aliphatic hydroxyl groups excluding tert-OH is 1. The van der Waals surface area contributed by atoms with Crippen molar-refractivity contribution >= 4 is 23.6 Å². The zero-order valence-electron chi connectivity index (χ0n) is 10.0. The lowest BCUT2D eigenvalue weighted by molar-refractivity contribution is -0.148. The molecule has 6 nitrogen and oxygen atoms in total. The normalized spacial score (nSPS) is 32.5. The van der Waals surface area contributed by atoms with Gasteiger partial charge < -0.3 is 20.4 Å². The number of carbonyl (C=O) groups excluding carboxylic acids is 1. The maximum Gasteiger partial charge on any atom is 0.326 e. The number of rotatable bonds is 3. The third-order valence-corrected chi connectivity index (χ3v) is 4.43. The van der Waals surface area contributed by atoms with E-state index in [1.807, 2.05) is 0 Å². The number of carboxylic acids is 1. The molecule has 7 heteroatoms. The number of carboxylic acid groups (broad SMARTS) is 1. The highest BCUT2D eigenvalue weighted by Gasteiger charge is 2.39. The van der Waals surface area contributed by atoms with E-state index in [2.05, 4.69) is 5.32 Å². The van der Waals surface area contributed by atoms with Crippen LogP contribution in [0.1, 0.15) is 12.8 Å². The van der Waals surface area contributed by atoms with Crippen LogP contribution in [0.15, 0.2) is 0 Å². The molecule has 0 saturated carbocycles. The monoisotopic (exact) mass is 274 g/mol. The number of nitrogens with zero attached hydrogens (tertiary/aromatic N) is 1. The second-order valence-electron chi connectivity index (χ2n) is 4.72. The lowest BCUT2D eigenvalue weighted by atomic mass is 10.1. The molecule has 0 aromatic rings. The number of likely N-dealkylation sites (tertiary alicyclic amines) is 1. The molecular weight excluding hydrogens is 256 g/mol. The first kappa shape index (κ1) is 13.6. The summed E-state index contributed by atoms with van der Waals surface area (Å²) in [4.78, 5) is 24.4. The molecule has 2 fully saturated rings. The first-order valence-corrected chi connectivity index (χ1v) is 7.25. The molecule has 0 bridgehead atoms. The number of carbonyl (C=O) groups is 2. The fourth-order valence-corrected chi connectivity index (χ4v) is 3.35. The summed E-state index contributed by atoms with van der Waals surface area (Å²) in [5.41, 5.74) is 0. The Morgan fingerprint density at radius 1 is 1.44 bits per heavy atom. The van der Waals surface area contributed by atoms with Crippen LogP contribution in [-0.4, -0.2) is 69.8 Å². The van der Waals surface area contributed by atoms with E-state index in [0.29, 0.717) is 6.42 Å². The predicted molar refractivity (Wildman–Crippen MR) is 67.5 cm³/mol. The Kier molecular flexibility index (Phi) is 4.47. The predicted octanol–water partition coefficient (Wildman–Crippen LogP) is -0.872. The molecule has 2 aliphatic rings. The first-order chi connectivity index (χ1) is 8.58. The van der Waals surface area contributed by atoms with Crippen LogP contribution in [-0.2, 0) is 9.59 Å². The number of aliphatic carboxylic acids is 1. The van der Waals surface area contributed by atoms with Crippen LogP contribution in [0.4, 0.5) is 0 Å². The Balaban J connectivity index is 1.92. The van der Waals surface area contributed by atoms with E-state index in [1.165, 1.54) is 4.90 Å². The van der Waals surface area contributed by atoms with Gasteiger partial charge in [-0.05, 0) is 0 Å². The molecule has 3 atom stereocenters. The van der Waals surface area contributed by atoms with Gasteiger partial charge in [0.15, 0.2) is 0 Å². The molecule has 3 unspecified atom stereocenters. The number of aliphatic hydroxyl groups is 1. The van der Waals surface area contributed by atoms with E-state index in [-0.39, 0.29) is 24.9 Å². The zero-order chi connectivity index (χ0) is 13.1. The minimum absolute atomic E-state index is 0.114. The lowest BCUT2D eigenvalue weighted by Gasteiger charge is -2.26. The summed E-state index contributed by atoms with van der Waals surface area (Å²) in [6.07, 6.45) is -0.277. The van der Waals surface area contributed by atoms with E-state index in [0.717, 1.165) is 18.1 Å². The molecular formula is C11H18N2O4S. The molecule has 1 amide bonds. The van der Waals surface area contributed by atoms with Crippen LogP contribution in [0, 0.1) is 0 Å². The van der Waals surface area contributed by atoms with Gasteiger partial charge in [-0.2, -0.15) is 11.8 Å². The minimum atomic E-state index is -1.04. The van der Waals surface area contributed by atoms with Gasteiger partial charge in [0.1, 0.15) is 6.04 Å². The molecule has 18 heavy (non-hydrogen) atoms. The average Bonchev–Trinajstić information content (AvgIpc) is 2.73. The lowest BCUT2D eigenvalue weighted by Crippen LogP contribution is -2.46. The summed E-state index contributed by atoms with van der Waals surface area (Å²) in [5.74, 6) is 0.704. The molecule has 2 saturated heterocycles. The fourth-order valence-electron chi connectivity index (χ4n) is 2.40. The maximum atomic E-state index is 12.1. The van der Waals surface area contributed by atoms with Crippen LogP contribution in [0.25, 0.3) is 0 Å². The molecule has 0 radical (unpaired) electrons. The Bertz CT molecular complexity index is 333. The Hall–Kier alpha value is -0.790. The van der Waals surface area contributed by atoms with Crippen molar-refractivity contribution < 1.29 is 19.8 Å². The highest BCUT2D eigenvalue weighted by molar-refractivity contribution is 7.99. The van der Waals surface area contributed by atoms with Crippen molar-refractivity contribution in [2.24, 2.45) is 0 Å². The van der Waals surface area contributed by atoms with E-state index >= 15 is 0 Å². The molecule has 2 heterocycles. The van der Waals surface area contributed by atoms with Gasteiger partial charge in [0.05, 0.1) is 6.10 Å². The molecule has 102 valence electrons.